The average Bonchev–Trinajstić information content (AvgIpc) is 3.03. The third-order valence-electron chi connectivity index (χ3n) is 4.76. The Balaban J connectivity index is 0.00000261. The first-order valence-corrected chi connectivity index (χ1v) is 9.20. The molecule has 0 radical (unpaired) electrons. The summed E-state index contributed by atoms with van der Waals surface area (Å²) in [5.74, 6) is 2.57. The molecule has 1 aromatic heterocycles. The van der Waals surface area contributed by atoms with E-state index in [9.17, 15) is 4.79 Å². The van der Waals surface area contributed by atoms with Crippen LogP contribution in [0.4, 0.5) is 5.95 Å². The van der Waals surface area contributed by atoms with Crippen LogP contribution in [0.5, 0.6) is 5.75 Å². The molecule has 8 heteroatoms. The molecule has 7 nitrogen and oxygen atoms in total. The van der Waals surface area contributed by atoms with Gasteiger partial charge in [-0.05, 0) is 56.5 Å². The van der Waals surface area contributed by atoms with Gasteiger partial charge in [0, 0.05) is 19.4 Å². The summed E-state index contributed by atoms with van der Waals surface area (Å²) in [5.41, 5.74) is 1.20. The van der Waals surface area contributed by atoms with Crippen molar-refractivity contribution in [3.05, 3.63) is 35.7 Å². The van der Waals surface area contributed by atoms with Gasteiger partial charge >= 0.3 is 0 Å². The minimum Gasteiger partial charge on any atom is -0.497 e. The molecule has 1 aromatic carbocycles. The summed E-state index contributed by atoms with van der Waals surface area (Å²) in [4.78, 5) is 16.8. The first kappa shape index (κ1) is 21.2. The second kappa shape index (κ2) is 10.3. The summed E-state index contributed by atoms with van der Waals surface area (Å²) in [6.45, 7) is 1.99. The number of methoxy groups -OCH3 is 1. The minimum atomic E-state index is -0.0223. The number of hydrogen-bond donors (Lipinski definition) is 2. The van der Waals surface area contributed by atoms with Crippen LogP contribution in [-0.2, 0) is 18.3 Å². The van der Waals surface area contributed by atoms with Crippen molar-refractivity contribution >= 4 is 24.3 Å². The van der Waals surface area contributed by atoms with Crippen molar-refractivity contribution in [3.8, 4) is 5.75 Å². The van der Waals surface area contributed by atoms with Crippen molar-refractivity contribution in [2.45, 2.75) is 38.0 Å². The predicted molar refractivity (Wildman–Crippen MR) is 108 cm³/mol. The van der Waals surface area contributed by atoms with Crippen LogP contribution in [-0.4, -0.2) is 40.9 Å². The van der Waals surface area contributed by atoms with E-state index in [1.54, 1.807) is 11.8 Å². The van der Waals surface area contributed by atoms with E-state index in [0.29, 0.717) is 18.3 Å². The SMILES string of the molecule is COc1ccc(CCCC(=O)Nc2nc(C3CCNCC3)nn2C)cc1.Cl. The van der Waals surface area contributed by atoms with Crippen molar-refractivity contribution in [1.82, 2.24) is 20.1 Å². The highest BCUT2D eigenvalue weighted by Crippen LogP contribution is 2.23. The predicted octanol–water partition coefficient (Wildman–Crippen LogP) is 2.67. The largest absolute Gasteiger partial charge is 0.497 e. The zero-order valence-electron chi connectivity index (χ0n) is 15.9. The number of aromatic nitrogens is 3. The first-order chi connectivity index (χ1) is 12.7. The number of aryl methyl sites for hydroxylation is 2. The molecule has 1 fully saturated rings. The average molecular weight is 394 g/mol. The highest BCUT2D eigenvalue weighted by atomic mass is 35.5. The molecular formula is C19H28ClN5O2. The maximum Gasteiger partial charge on any atom is 0.227 e. The molecule has 27 heavy (non-hydrogen) atoms. The molecular weight excluding hydrogens is 366 g/mol. The molecule has 0 unspecified atom stereocenters. The van der Waals surface area contributed by atoms with Gasteiger partial charge in [-0.2, -0.15) is 10.1 Å². The van der Waals surface area contributed by atoms with Gasteiger partial charge in [-0.25, -0.2) is 4.68 Å². The number of rotatable bonds is 7. The van der Waals surface area contributed by atoms with Gasteiger partial charge in [0.15, 0.2) is 5.82 Å². The van der Waals surface area contributed by atoms with Crippen LogP contribution in [0.1, 0.15) is 43.0 Å². The van der Waals surface area contributed by atoms with Gasteiger partial charge in [-0.3, -0.25) is 10.1 Å². The number of hydrogen-bond acceptors (Lipinski definition) is 5. The van der Waals surface area contributed by atoms with Crippen LogP contribution >= 0.6 is 12.4 Å². The fourth-order valence-electron chi connectivity index (χ4n) is 3.20. The second-order valence-electron chi connectivity index (χ2n) is 6.69. The number of carbonyl (C=O) groups excluding carboxylic acids is 1. The number of benzene rings is 1. The van der Waals surface area contributed by atoms with Gasteiger partial charge in [-0.1, -0.05) is 12.1 Å². The molecule has 2 aromatic rings. The van der Waals surface area contributed by atoms with Crippen LogP contribution in [0, 0.1) is 0 Å². The quantitative estimate of drug-likeness (QED) is 0.755. The number of amides is 1. The van der Waals surface area contributed by atoms with E-state index in [1.165, 1.54) is 5.56 Å². The maximum absolute atomic E-state index is 12.2. The molecule has 1 aliphatic rings. The van der Waals surface area contributed by atoms with E-state index in [4.69, 9.17) is 4.74 Å². The molecule has 0 atom stereocenters. The van der Waals surface area contributed by atoms with Gasteiger partial charge in [-0.15, -0.1) is 12.4 Å². The first-order valence-electron chi connectivity index (χ1n) is 9.20. The molecule has 1 saturated heterocycles. The Morgan fingerprint density at radius 3 is 2.67 bits per heavy atom. The molecule has 2 heterocycles. The molecule has 2 N–H and O–H groups in total. The number of piperidine rings is 1. The van der Waals surface area contributed by atoms with Crippen LogP contribution in [0.3, 0.4) is 0 Å². The lowest BCUT2D eigenvalue weighted by molar-refractivity contribution is -0.116. The van der Waals surface area contributed by atoms with E-state index in [0.717, 1.165) is 50.3 Å². The van der Waals surface area contributed by atoms with E-state index >= 15 is 0 Å². The minimum absolute atomic E-state index is 0. The van der Waals surface area contributed by atoms with E-state index in [-0.39, 0.29) is 18.3 Å². The van der Waals surface area contributed by atoms with Crippen LogP contribution in [0.2, 0.25) is 0 Å². The van der Waals surface area contributed by atoms with Crippen molar-refractivity contribution in [2.75, 3.05) is 25.5 Å². The van der Waals surface area contributed by atoms with Crippen LogP contribution in [0.15, 0.2) is 24.3 Å². The summed E-state index contributed by atoms with van der Waals surface area (Å²) in [6.07, 6.45) is 4.19. The summed E-state index contributed by atoms with van der Waals surface area (Å²) in [7, 11) is 3.48. The molecule has 0 saturated carbocycles. The molecule has 1 aliphatic heterocycles. The monoisotopic (exact) mass is 393 g/mol. The van der Waals surface area contributed by atoms with Crippen LogP contribution < -0.4 is 15.4 Å². The Kier molecular flexibility index (Phi) is 8.06. The third-order valence-corrected chi connectivity index (χ3v) is 4.76. The normalized spacial score (nSPS) is 14.4. The number of anilines is 1. The Labute approximate surface area is 166 Å². The standard InChI is InChI=1S/C19H27N5O2.ClH/c1-24-19(22-18(23-24)15-10-12-20-13-11-15)21-17(25)5-3-4-14-6-8-16(26-2)9-7-14;/h6-9,15,20H,3-5,10-13H2,1-2H3,(H,21,22,23,25);1H. The van der Waals surface area contributed by atoms with Crippen molar-refractivity contribution in [3.63, 3.8) is 0 Å². The van der Waals surface area contributed by atoms with Gasteiger partial charge in [0.1, 0.15) is 5.75 Å². The Morgan fingerprint density at radius 2 is 2.00 bits per heavy atom. The number of nitrogens with zero attached hydrogens (tertiary/aromatic N) is 3. The van der Waals surface area contributed by atoms with E-state index in [2.05, 4.69) is 20.7 Å². The zero-order chi connectivity index (χ0) is 18.4. The summed E-state index contributed by atoms with van der Waals surface area (Å²) in [6, 6.07) is 7.95. The molecule has 3 rings (SSSR count). The number of carbonyl (C=O) groups is 1. The van der Waals surface area contributed by atoms with Gasteiger partial charge in [0.05, 0.1) is 7.11 Å². The highest BCUT2D eigenvalue weighted by Gasteiger charge is 2.21. The molecule has 0 bridgehead atoms. The fourth-order valence-corrected chi connectivity index (χ4v) is 3.20. The zero-order valence-corrected chi connectivity index (χ0v) is 16.7. The Hall–Kier alpha value is -2.12. The summed E-state index contributed by atoms with van der Waals surface area (Å²) < 4.78 is 6.82. The van der Waals surface area contributed by atoms with Gasteiger partial charge in [0.25, 0.3) is 0 Å². The highest BCUT2D eigenvalue weighted by molar-refractivity contribution is 5.88. The van der Waals surface area contributed by atoms with Gasteiger partial charge < -0.3 is 10.1 Å². The molecule has 0 spiro atoms. The van der Waals surface area contributed by atoms with E-state index in [1.807, 2.05) is 31.3 Å². The lowest BCUT2D eigenvalue weighted by Gasteiger charge is -2.19. The van der Waals surface area contributed by atoms with Gasteiger partial charge in [0.2, 0.25) is 11.9 Å². The third kappa shape index (κ3) is 5.94. The fraction of sp³-hybridized carbons (Fsp3) is 0.526. The number of halogens is 1. The second-order valence-corrected chi connectivity index (χ2v) is 6.69. The van der Waals surface area contributed by atoms with Crippen molar-refractivity contribution in [2.24, 2.45) is 7.05 Å². The van der Waals surface area contributed by atoms with Crippen molar-refractivity contribution in [1.29, 1.82) is 0 Å². The lowest BCUT2D eigenvalue weighted by Crippen LogP contribution is -2.27. The number of ether oxygens (including phenoxy) is 1. The molecule has 1 amide bonds. The smallest absolute Gasteiger partial charge is 0.227 e. The topological polar surface area (TPSA) is 81.1 Å². The molecule has 0 aliphatic carbocycles. The summed E-state index contributed by atoms with van der Waals surface area (Å²) in [5, 5.41) is 10.7. The Bertz CT molecular complexity index is 726. The molecule has 148 valence electrons. The summed E-state index contributed by atoms with van der Waals surface area (Å²) >= 11 is 0. The van der Waals surface area contributed by atoms with Crippen LogP contribution in [0.25, 0.3) is 0 Å². The number of nitrogens with one attached hydrogen (secondary N) is 2. The van der Waals surface area contributed by atoms with Crippen molar-refractivity contribution < 1.29 is 9.53 Å². The maximum atomic E-state index is 12.2. The lowest BCUT2D eigenvalue weighted by atomic mass is 9.98. The van der Waals surface area contributed by atoms with E-state index < -0.39 is 0 Å². The Morgan fingerprint density at radius 1 is 1.30 bits per heavy atom.